The van der Waals surface area contributed by atoms with Crippen LogP contribution in [0.25, 0.3) is 0 Å². The quantitative estimate of drug-likeness (QED) is 0.855. The molecule has 0 aliphatic heterocycles. The van der Waals surface area contributed by atoms with Crippen molar-refractivity contribution in [1.82, 2.24) is 0 Å². The van der Waals surface area contributed by atoms with Gasteiger partial charge in [0.15, 0.2) is 0 Å². The smallest absolute Gasteiger partial charge is 0.124 e. The van der Waals surface area contributed by atoms with Crippen molar-refractivity contribution >= 4 is 5.69 Å². The summed E-state index contributed by atoms with van der Waals surface area (Å²) in [5.41, 5.74) is 0.955. The highest BCUT2D eigenvalue weighted by molar-refractivity contribution is 5.58. The average Bonchev–Trinajstić information content (AvgIpc) is 2.30. The second kappa shape index (κ2) is 6.21. The van der Waals surface area contributed by atoms with Gasteiger partial charge in [-0.2, -0.15) is 5.26 Å². The lowest BCUT2D eigenvalue weighted by molar-refractivity contribution is 0.171. The number of halogens is 1. The number of nitrogens with zero attached hydrogens (tertiary/aromatic N) is 1. The van der Waals surface area contributed by atoms with Crippen LogP contribution in [0.4, 0.5) is 10.1 Å². The van der Waals surface area contributed by atoms with Crippen LogP contribution in [0, 0.1) is 23.1 Å². The van der Waals surface area contributed by atoms with Gasteiger partial charge < -0.3 is 10.1 Å². The lowest BCUT2D eigenvalue weighted by Gasteiger charge is -2.23. The molecule has 1 unspecified atom stereocenters. The molecule has 92 valence electrons. The van der Waals surface area contributed by atoms with E-state index in [0.29, 0.717) is 23.8 Å². The highest BCUT2D eigenvalue weighted by Crippen LogP contribution is 2.19. The minimum atomic E-state index is -0.403. The SMILES string of the molecule is COCC(Nc1ccc(F)cc1C#N)C(C)C. The lowest BCUT2D eigenvalue weighted by Crippen LogP contribution is -2.30. The van der Waals surface area contributed by atoms with Gasteiger partial charge in [-0.05, 0) is 24.1 Å². The van der Waals surface area contributed by atoms with Crippen LogP contribution < -0.4 is 5.32 Å². The van der Waals surface area contributed by atoms with Gasteiger partial charge in [-0.25, -0.2) is 4.39 Å². The van der Waals surface area contributed by atoms with E-state index >= 15 is 0 Å². The van der Waals surface area contributed by atoms with Gasteiger partial charge in [-0.15, -0.1) is 0 Å². The zero-order valence-electron chi connectivity index (χ0n) is 10.3. The third-order valence-corrected chi connectivity index (χ3v) is 2.59. The van der Waals surface area contributed by atoms with E-state index in [1.807, 2.05) is 6.07 Å². The van der Waals surface area contributed by atoms with Gasteiger partial charge >= 0.3 is 0 Å². The first-order valence-electron chi connectivity index (χ1n) is 5.53. The Morgan fingerprint density at radius 2 is 2.18 bits per heavy atom. The lowest BCUT2D eigenvalue weighted by atomic mass is 10.0. The monoisotopic (exact) mass is 236 g/mol. The van der Waals surface area contributed by atoms with Crippen LogP contribution in [0.1, 0.15) is 19.4 Å². The van der Waals surface area contributed by atoms with Gasteiger partial charge in [0.05, 0.1) is 23.9 Å². The molecule has 1 rings (SSSR count). The van der Waals surface area contributed by atoms with Gasteiger partial charge in [0.25, 0.3) is 0 Å². The number of rotatable bonds is 5. The average molecular weight is 236 g/mol. The number of nitriles is 1. The molecule has 1 N–H and O–H groups in total. The molecule has 1 aromatic rings. The molecule has 0 saturated heterocycles. The van der Waals surface area contributed by atoms with Crippen molar-refractivity contribution in [2.24, 2.45) is 5.92 Å². The number of methoxy groups -OCH3 is 1. The van der Waals surface area contributed by atoms with E-state index in [1.54, 1.807) is 13.2 Å². The molecule has 0 fully saturated rings. The first kappa shape index (κ1) is 13.5. The third-order valence-electron chi connectivity index (χ3n) is 2.59. The zero-order chi connectivity index (χ0) is 12.8. The number of nitrogens with one attached hydrogen (secondary N) is 1. The number of hydrogen-bond donors (Lipinski definition) is 1. The van der Waals surface area contributed by atoms with E-state index < -0.39 is 5.82 Å². The Bertz CT molecular complexity index is 412. The maximum Gasteiger partial charge on any atom is 0.124 e. The van der Waals surface area contributed by atoms with Crippen molar-refractivity contribution in [3.05, 3.63) is 29.6 Å². The van der Waals surface area contributed by atoms with Crippen LogP contribution in [0.15, 0.2) is 18.2 Å². The Morgan fingerprint density at radius 1 is 1.47 bits per heavy atom. The number of ether oxygens (including phenoxy) is 1. The van der Waals surface area contributed by atoms with E-state index in [9.17, 15) is 4.39 Å². The van der Waals surface area contributed by atoms with Crippen LogP contribution in [0.5, 0.6) is 0 Å². The summed E-state index contributed by atoms with van der Waals surface area (Å²) in [7, 11) is 1.63. The van der Waals surface area contributed by atoms with Crippen molar-refractivity contribution < 1.29 is 9.13 Å². The van der Waals surface area contributed by atoms with Gasteiger partial charge in [-0.1, -0.05) is 13.8 Å². The molecule has 0 radical (unpaired) electrons. The molecule has 0 bridgehead atoms. The molecule has 17 heavy (non-hydrogen) atoms. The first-order valence-corrected chi connectivity index (χ1v) is 5.53. The molecule has 0 saturated carbocycles. The number of benzene rings is 1. The molecule has 0 aliphatic carbocycles. The van der Waals surface area contributed by atoms with Crippen LogP contribution in [-0.4, -0.2) is 19.8 Å². The van der Waals surface area contributed by atoms with Crippen LogP contribution in [0.2, 0.25) is 0 Å². The Hall–Kier alpha value is -1.60. The molecule has 0 spiro atoms. The summed E-state index contributed by atoms with van der Waals surface area (Å²) in [6.07, 6.45) is 0. The Morgan fingerprint density at radius 3 is 2.71 bits per heavy atom. The molecule has 0 amide bonds. The molecule has 3 nitrogen and oxygen atoms in total. The summed E-state index contributed by atoms with van der Waals surface area (Å²) in [5.74, 6) is -0.0496. The van der Waals surface area contributed by atoms with Crippen LogP contribution in [-0.2, 0) is 4.74 Å². The Balaban J connectivity index is 2.89. The van der Waals surface area contributed by atoms with Crippen molar-refractivity contribution in [3.63, 3.8) is 0 Å². The molecular formula is C13H17FN2O. The van der Waals surface area contributed by atoms with Crippen molar-refractivity contribution in [2.75, 3.05) is 19.0 Å². The Kier molecular flexibility index (Phi) is 4.92. The van der Waals surface area contributed by atoms with Crippen molar-refractivity contribution in [3.8, 4) is 6.07 Å². The van der Waals surface area contributed by atoms with Gasteiger partial charge in [0, 0.05) is 7.11 Å². The molecule has 0 aromatic heterocycles. The third kappa shape index (κ3) is 3.72. The minimum absolute atomic E-state index is 0.0950. The summed E-state index contributed by atoms with van der Waals surface area (Å²) in [5, 5.41) is 12.1. The van der Waals surface area contributed by atoms with Crippen LogP contribution >= 0.6 is 0 Å². The second-order valence-corrected chi connectivity index (χ2v) is 4.25. The van der Waals surface area contributed by atoms with E-state index in [0.717, 1.165) is 0 Å². The fourth-order valence-electron chi connectivity index (χ4n) is 1.51. The predicted octanol–water partition coefficient (Wildman–Crippen LogP) is 2.78. The molecular weight excluding hydrogens is 219 g/mol. The molecule has 1 aromatic carbocycles. The van der Waals surface area contributed by atoms with Crippen molar-refractivity contribution in [2.45, 2.75) is 19.9 Å². The first-order chi connectivity index (χ1) is 8.08. The maximum absolute atomic E-state index is 13.0. The number of anilines is 1. The fourth-order valence-corrected chi connectivity index (χ4v) is 1.51. The minimum Gasteiger partial charge on any atom is -0.383 e. The highest BCUT2D eigenvalue weighted by atomic mass is 19.1. The summed E-state index contributed by atoms with van der Waals surface area (Å²) in [6, 6.07) is 6.23. The topological polar surface area (TPSA) is 45.0 Å². The van der Waals surface area contributed by atoms with E-state index in [-0.39, 0.29) is 6.04 Å². The van der Waals surface area contributed by atoms with E-state index in [4.69, 9.17) is 10.00 Å². The summed E-state index contributed by atoms with van der Waals surface area (Å²) >= 11 is 0. The highest BCUT2D eigenvalue weighted by Gasteiger charge is 2.14. The summed E-state index contributed by atoms with van der Waals surface area (Å²) in [6.45, 7) is 4.67. The summed E-state index contributed by atoms with van der Waals surface area (Å²) < 4.78 is 18.1. The molecule has 1 atom stereocenters. The fraction of sp³-hybridized carbons (Fsp3) is 0.462. The standard InChI is InChI=1S/C13H17FN2O/c1-9(2)13(8-17-3)16-12-5-4-11(14)6-10(12)7-15/h4-6,9,13,16H,8H2,1-3H3. The molecule has 0 heterocycles. The maximum atomic E-state index is 13.0. The second-order valence-electron chi connectivity index (χ2n) is 4.25. The van der Waals surface area contributed by atoms with Crippen LogP contribution in [0.3, 0.4) is 0 Å². The zero-order valence-corrected chi connectivity index (χ0v) is 10.3. The van der Waals surface area contributed by atoms with E-state index in [2.05, 4.69) is 19.2 Å². The number of hydrogen-bond acceptors (Lipinski definition) is 3. The predicted molar refractivity (Wildman–Crippen MR) is 65.2 cm³/mol. The van der Waals surface area contributed by atoms with E-state index in [1.165, 1.54) is 12.1 Å². The molecule has 0 aliphatic rings. The Labute approximate surface area is 101 Å². The van der Waals surface area contributed by atoms with Gasteiger partial charge in [0.2, 0.25) is 0 Å². The van der Waals surface area contributed by atoms with Gasteiger partial charge in [0.1, 0.15) is 11.9 Å². The summed E-state index contributed by atoms with van der Waals surface area (Å²) in [4.78, 5) is 0. The van der Waals surface area contributed by atoms with Crippen molar-refractivity contribution in [1.29, 1.82) is 5.26 Å². The normalized spacial score (nSPS) is 12.2. The molecule has 4 heteroatoms. The van der Waals surface area contributed by atoms with Gasteiger partial charge in [-0.3, -0.25) is 0 Å². The largest absolute Gasteiger partial charge is 0.383 e.